The van der Waals surface area contributed by atoms with Crippen molar-refractivity contribution in [1.82, 2.24) is 4.98 Å². The Kier molecular flexibility index (Phi) is 3.53. The number of pyridine rings is 1. The molecule has 0 saturated heterocycles. The van der Waals surface area contributed by atoms with Gasteiger partial charge in [-0.15, -0.1) is 0 Å². The zero-order valence-corrected chi connectivity index (χ0v) is 9.29. The summed E-state index contributed by atoms with van der Waals surface area (Å²) in [5, 5.41) is 10.1. The van der Waals surface area contributed by atoms with Crippen molar-refractivity contribution in [1.29, 1.82) is 0 Å². The van der Waals surface area contributed by atoms with E-state index in [2.05, 4.69) is 4.98 Å². The third kappa shape index (κ3) is 2.27. The van der Waals surface area contributed by atoms with E-state index in [1.54, 1.807) is 22.6 Å². The maximum Gasteiger partial charge on any atom is 0.382 e. The minimum atomic E-state index is -2.85. The van der Waals surface area contributed by atoms with Gasteiger partial charge in [0.2, 0.25) is 5.69 Å². The molecule has 1 heterocycles. The number of hydrogen-bond donors (Lipinski definition) is 0. The largest absolute Gasteiger partial charge is 0.382 e. The molecule has 0 N–H and O–H groups in total. The number of halogens is 4. The molecule has 0 unspecified atom stereocenters. The quantitative estimate of drug-likeness (QED) is 0.474. The fourth-order valence-electron chi connectivity index (χ4n) is 0.752. The van der Waals surface area contributed by atoms with Crippen LogP contribution in [0.4, 0.5) is 14.6 Å². The highest BCUT2D eigenvalue weighted by Crippen LogP contribution is 2.30. The lowest BCUT2D eigenvalue weighted by Crippen LogP contribution is -2.00. The topological polar surface area (TPSA) is 56.0 Å². The molecule has 0 amide bonds. The van der Waals surface area contributed by atoms with Crippen molar-refractivity contribution in [3.63, 3.8) is 0 Å². The minimum absolute atomic E-state index is 0.105. The van der Waals surface area contributed by atoms with Gasteiger partial charge in [0, 0.05) is 0 Å². The van der Waals surface area contributed by atoms with Crippen molar-refractivity contribution >= 4 is 40.0 Å². The second kappa shape index (κ2) is 4.30. The molecule has 1 aromatic rings. The number of hydrogen-bond acceptors (Lipinski definition) is 3. The Bertz CT molecular complexity index is 388. The van der Waals surface area contributed by atoms with E-state index in [9.17, 15) is 18.9 Å². The van der Waals surface area contributed by atoms with Gasteiger partial charge in [-0.3, -0.25) is 0 Å². The van der Waals surface area contributed by atoms with E-state index in [0.29, 0.717) is 0 Å². The van der Waals surface area contributed by atoms with Crippen molar-refractivity contribution in [2.45, 2.75) is 6.43 Å². The number of aromatic nitrogens is 1. The Morgan fingerprint density at radius 2 is 2.21 bits per heavy atom. The average molecular weight is 334 g/mol. The first-order valence-electron chi connectivity index (χ1n) is 3.22. The van der Waals surface area contributed by atoms with Crippen LogP contribution in [0.5, 0.6) is 0 Å². The minimum Gasteiger partial charge on any atom is -0.358 e. The molecular formula is C6H2ClF2IN2O2. The van der Waals surface area contributed by atoms with E-state index in [1.807, 2.05) is 0 Å². The van der Waals surface area contributed by atoms with Crippen LogP contribution in [0.3, 0.4) is 0 Å². The molecule has 0 aromatic carbocycles. The average Bonchev–Trinajstić information content (AvgIpc) is 2.02. The predicted octanol–water partition coefficient (Wildman–Crippen LogP) is 3.19. The summed E-state index contributed by atoms with van der Waals surface area (Å²) in [4.78, 5) is 12.6. The third-order valence-electron chi connectivity index (χ3n) is 1.32. The molecule has 0 saturated carbocycles. The summed E-state index contributed by atoms with van der Waals surface area (Å²) in [5.41, 5.74) is -0.623. The highest BCUT2D eigenvalue weighted by Gasteiger charge is 2.25. The Labute approximate surface area is 95.6 Å². The third-order valence-corrected chi connectivity index (χ3v) is 2.46. The van der Waals surface area contributed by atoms with Crippen LogP contribution < -0.4 is 0 Å². The van der Waals surface area contributed by atoms with Crippen molar-refractivity contribution in [2.24, 2.45) is 0 Å². The zero-order chi connectivity index (χ0) is 10.9. The summed E-state index contributed by atoms with van der Waals surface area (Å²) in [6.07, 6.45) is -2.85. The van der Waals surface area contributed by atoms with Crippen LogP contribution in [-0.2, 0) is 0 Å². The van der Waals surface area contributed by atoms with Crippen molar-refractivity contribution in [3.8, 4) is 0 Å². The van der Waals surface area contributed by atoms with E-state index < -0.39 is 22.9 Å². The second-order valence-corrected chi connectivity index (χ2v) is 3.79. The summed E-state index contributed by atoms with van der Waals surface area (Å²) in [6.45, 7) is 0. The molecule has 14 heavy (non-hydrogen) atoms. The summed E-state index contributed by atoms with van der Waals surface area (Å²) >= 11 is 7.04. The van der Waals surface area contributed by atoms with Gasteiger partial charge in [0.15, 0.2) is 0 Å². The highest BCUT2D eigenvalue weighted by molar-refractivity contribution is 14.1. The molecular weight excluding hydrogens is 332 g/mol. The van der Waals surface area contributed by atoms with Gasteiger partial charge < -0.3 is 10.1 Å². The van der Waals surface area contributed by atoms with E-state index in [1.165, 1.54) is 0 Å². The van der Waals surface area contributed by atoms with E-state index in [4.69, 9.17) is 11.6 Å². The SMILES string of the molecule is O=[N+]([O-])c1nc(C(F)F)c(I)cc1Cl. The molecule has 1 rings (SSSR count). The fraction of sp³-hybridized carbons (Fsp3) is 0.167. The van der Waals surface area contributed by atoms with E-state index in [0.717, 1.165) is 6.07 Å². The maximum absolute atomic E-state index is 12.3. The van der Waals surface area contributed by atoms with Crippen molar-refractivity contribution in [2.75, 3.05) is 0 Å². The van der Waals surface area contributed by atoms with Gasteiger partial charge in [0.1, 0.15) is 5.02 Å². The zero-order valence-electron chi connectivity index (χ0n) is 6.38. The van der Waals surface area contributed by atoms with Gasteiger partial charge in [0.25, 0.3) is 0 Å². The first kappa shape index (κ1) is 11.5. The Morgan fingerprint density at radius 3 is 2.64 bits per heavy atom. The molecule has 0 spiro atoms. The lowest BCUT2D eigenvalue weighted by atomic mass is 10.3. The maximum atomic E-state index is 12.3. The van der Waals surface area contributed by atoms with Crippen LogP contribution in [0.2, 0.25) is 5.02 Å². The van der Waals surface area contributed by atoms with Crippen molar-refractivity contribution in [3.05, 3.63) is 30.5 Å². The molecule has 76 valence electrons. The van der Waals surface area contributed by atoms with Gasteiger partial charge in [-0.25, -0.2) is 8.78 Å². The first-order valence-corrected chi connectivity index (χ1v) is 4.67. The summed E-state index contributed by atoms with van der Waals surface area (Å²) in [7, 11) is 0. The van der Waals surface area contributed by atoms with Gasteiger partial charge >= 0.3 is 12.2 Å². The van der Waals surface area contributed by atoms with Gasteiger partial charge in [0.05, 0.1) is 3.57 Å². The summed E-state index contributed by atoms with van der Waals surface area (Å²) < 4.78 is 24.6. The number of nitrogens with zero attached hydrogens (tertiary/aromatic N) is 2. The Morgan fingerprint density at radius 1 is 1.64 bits per heavy atom. The molecule has 0 aliphatic carbocycles. The van der Waals surface area contributed by atoms with Crippen LogP contribution in [0.25, 0.3) is 0 Å². The molecule has 4 nitrogen and oxygen atoms in total. The highest BCUT2D eigenvalue weighted by atomic mass is 127. The predicted molar refractivity (Wildman–Crippen MR) is 53.6 cm³/mol. The number of nitro groups is 1. The molecule has 0 atom stereocenters. The van der Waals surface area contributed by atoms with E-state index >= 15 is 0 Å². The van der Waals surface area contributed by atoms with Crippen molar-refractivity contribution < 1.29 is 13.7 Å². The Hall–Kier alpha value is -0.570. The van der Waals surface area contributed by atoms with Gasteiger partial charge in [-0.1, -0.05) is 11.6 Å². The monoisotopic (exact) mass is 334 g/mol. The lowest BCUT2D eigenvalue weighted by Gasteiger charge is -2.00. The molecule has 0 radical (unpaired) electrons. The molecule has 0 fully saturated rings. The van der Waals surface area contributed by atoms with Crippen LogP contribution in [0.1, 0.15) is 12.1 Å². The molecule has 1 aromatic heterocycles. The van der Waals surface area contributed by atoms with Crippen LogP contribution in [0.15, 0.2) is 6.07 Å². The second-order valence-electron chi connectivity index (χ2n) is 2.22. The molecule has 0 aliphatic rings. The fourth-order valence-corrected chi connectivity index (χ4v) is 1.82. The number of rotatable bonds is 2. The smallest absolute Gasteiger partial charge is 0.358 e. The first-order chi connectivity index (χ1) is 6.43. The van der Waals surface area contributed by atoms with Crippen LogP contribution in [-0.4, -0.2) is 9.91 Å². The van der Waals surface area contributed by atoms with Gasteiger partial charge in [-0.2, -0.15) is 0 Å². The number of alkyl halides is 2. The molecule has 0 aliphatic heterocycles. The van der Waals surface area contributed by atoms with Crippen LogP contribution in [0, 0.1) is 13.7 Å². The standard InChI is InChI=1S/C6H2ClF2IN2O2/c7-2-1-3(10)4(5(8)9)11-6(2)12(13)14/h1,5H. The normalized spacial score (nSPS) is 10.6. The Balaban J connectivity index is 3.34. The van der Waals surface area contributed by atoms with Crippen LogP contribution >= 0.6 is 34.2 Å². The van der Waals surface area contributed by atoms with Gasteiger partial charge in [-0.05, 0) is 38.6 Å². The van der Waals surface area contributed by atoms with E-state index in [-0.39, 0.29) is 8.59 Å². The summed E-state index contributed by atoms with van der Waals surface area (Å²) in [5.74, 6) is -0.748. The molecule has 0 bridgehead atoms. The molecule has 8 heteroatoms. The lowest BCUT2D eigenvalue weighted by molar-refractivity contribution is -0.389. The summed E-state index contributed by atoms with van der Waals surface area (Å²) in [6, 6.07) is 1.09.